The average molecular weight is 532 g/mol. The molecule has 2 aromatic heterocycles. The second-order valence-corrected chi connectivity index (χ2v) is 11.7. The van der Waals surface area contributed by atoms with E-state index < -0.39 is 0 Å². The third kappa shape index (κ3) is 4.54. The Morgan fingerprint density at radius 2 is 1.94 bits per heavy atom. The smallest absolute Gasteiger partial charge is 0.267 e. The lowest BCUT2D eigenvalue weighted by atomic mass is 9.96. The van der Waals surface area contributed by atoms with Crippen LogP contribution in [0.25, 0.3) is 15.9 Å². The molecule has 0 amide bonds. The molecule has 3 heterocycles. The van der Waals surface area contributed by atoms with Gasteiger partial charge in [-0.3, -0.25) is 9.36 Å². The van der Waals surface area contributed by atoms with Crippen LogP contribution in [-0.2, 0) is 23.5 Å². The van der Waals surface area contributed by atoms with Crippen molar-refractivity contribution in [1.82, 2.24) is 9.55 Å². The summed E-state index contributed by atoms with van der Waals surface area (Å²) in [5.41, 5.74) is 4.05. The normalized spacial score (nSPS) is 15.8. The summed E-state index contributed by atoms with van der Waals surface area (Å²) in [6.45, 7) is 6.89. The maximum atomic E-state index is 14.0. The number of thiophene rings is 1. The van der Waals surface area contributed by atoms with E-state index in [0.717, 1.165) is 43.9 Å². The van der Waals surface area contributed by atoms with Crippen LogP contribution in [0.2, 0.25) is 10.0 Å². The van der Waals surface area contributed by atoms with Gasteiger partial charge >= 0.3 is 0 Å². The number of aromatic nitrogens is 2. The molecule has 34 heavy (non-hydrogen) atoms. The SMILES string of the molecule is Cc1ccc(-n2c(SCc3ccc(Cl)c(Cl)c3)nc3sc4c(c3c2=O)C[C@@H](C(C)C)OC4)cc1. The Hall–Kier alpha value is -1.83. The fraction of sp³-hybridized carbons (Fsp3) is 0.308. The van der Waals surface area contributed by atoms with E-state index in [1.807, 2.05) is 43.3 Å². The van der Waals surface area contributed by atoms with Crippen molar-refractivity contribution < 1.29 is 4.74 Å². The number of hydrogen-bond acceptors (Lipinski definition) is 5. The summed E-state index contributed by atoms with van der Waals surface area (Å²) in [4.78, 5) is 20.9. The molecule has 0 unspecified atom stereocenters. The molecule has 8 heteroatoms. The summed E-state index contributed by atoms with van der Waals surface area (Å²) < 4.78 is 7.81. The molecule has 2 aromatic carbocycles. The number of ether oxygens (including phenoxy) is 1. The monoisotopic (exact) mass is 530 g/mol. The Balaban J connectivity index is 1.63. The van der Waals surface area contributed by atoms with Gasteiger partial charge < -0.3 is 4.74 Å². The molecule has 0 saturated carbocycles. The fourth-order valence-electron chi connectivity index (χ4n) is 4.13. The number of hydrogen-bond donors (Lipinski definition) is 0. The molecule has 0 aliphatic carbocycles. The molecule has 0 saturated heterocycles. The van der Waals surface area contributed by atoms with Gasteiger partial charge in [0.1, 0.15) is 4.83 Å². The zero-order chi connectivity index (χ0) is 24.0. The quantitative estimate of drug-likeness (QED) is 0.198. The highest BCUT2D eigenvalue weighted by molar-refractivity contribution is 7.98. The van der Waals surface area contributed by atoms with Crippen LogP contribution in [0.4, 0.5) is 0 Å². The van der Waals surface area contributed by atoms with Crippen LogP contribution in [0.1, 0.15) is 35.4 Å². The maximum Gasteiger partial charge on any atom is 0.267 e. The summed E-state index contributed by atoms with van der Waals surface area (Å²) in [5.74, 6) is 1.00. The Labute approximate surface area is 216 Å². The van der Waals surface area contributed by atoms with E-state index >= 15 is 0 Å². The van der Waals surface area contributed by atoms with Gasteiger partial charge in [-0.25, -0.2) is 4.98 Å². The zero-order valence-electron chi connectivity index (χ0n) is 19.1. The Bertz CT molecular complexity index is 1430. The van der Waals surface area contributed by atoms with Gasteiger partial charge in [-0.1, -0.05) is 72.6 Å². The van der Waals surface area contributed by atoms with Gasteiger partial charge in [-0.15, -0.1) is 11.3 Å². The molecule has 1 aliphatic heterocycles. The van der Waals surface area contributed by atoms with Crippen LogP contribution in [0.15, 0.2) is 52.4 Å². The largest absolute Gasteiger partial charge is 0.372 e. The van der Waals surface area contributed by atoms with Gasteiger partial charge in [-0.2, -0.15) is 0 Å². The minimum absolute atomic E-state index is 0.0209. The van der Waals surface area contributed by atoms with Crippen molar-refractivity contribution in [2.24, 2.45) is 5.92 Å². The second-order valence-electron chi connectivity index (χ2n) is 8.89. The fourth-order valence-corrected chi connectivity index (χ4v) is 6.57. The Morgan fingerprint density at radius 1 is 1.18 bits per heavy atom. The van der Waals surface area contributed by atoms with Gasteiger partial charge in [-0.05, 0) is 48.2 Å². The van der Waals surface area contributed by atoms with Crippen LogP contribution in [-0.4, -0.2) is 15.7 Å². The van der Waals surface area contributed by atoms with Gasteiger partial charge in [0.25, 0.3) is 5.56 Å². The lowest BCUT2D eigenvalue weighted by molar-refractivity contribution is 0.00200. The molecule has 0 bridgehead atoms. The zero-order valence-corrected chi connectivity index (χ0v) is 22.2. The number of halogens is 2. The van der Waals surface area contributed by atoms with Crippen LogP contribution in [0.5, 0.6) is 0 Å². The van der Waals surface area contributed by atoms with Crippen molar-refractivity contribution in [2.45, 2.75) is 50.8 Å². The first-order chi connectivity index (χ1) is 16.3. The van der Waals surface area contributed by atoms with Crippen LogP contribution >= 0.6 is 46.3 Å². The van der Waals surface area contributed by atoms with E-state index in [4.69, 9.17) is 32.9 Å². The molecule has 176 valence electrons. The highest BCUT2D eigenvalue weighted by atomic mass is 35.5. The van der Waals surface area contributed by atoms with Crippen LogP contribution < -0.4 is 5.56 Å². The first-order valence-electron chi connectivity index (χ1n) is 11.1. The number of fused-ring (bicyclic) bond motifs is 3. The van der Waals surface area contributed by atoms with Crippen molar-refractivity contribution in [3.8, 4) is 5.69 Å². The van der Waals surface area contributed by atoms with Crippen molar-refractivity contribution >= 4 is 56.5 Å². The van der Waals surface area contributed by atoms with E-state index in [2.05, 4.69) is 13.8 Å². The summed E-state index contributed by atoms with van der Waals surface area (Å²) in [5, 5.41) is 2.43. The van der Waals surface area contributed by atoms with Crippen molar-refractivity contribution in [3.05, 3.63) is 84.4 Å². The van der Waals surface area contributed by atoms with Crippen LogP contribution in [0, 0.1) is 12.8 Å². The van der Waals surface area contributed by atoms with Crippen molar-refractivity contribution in [3.63, 3.8) is 0 Å². The minimum Gasteiger partial charge on any atom is -0.372 e. The van der Waals surface area contributed by atoms with Gasteiger partial charge in [0.2, 0.25) is 0 Å². The Morgan fingerprint density at radius 3 is 2.65 bits per heavy atom. The number of nitrogens with zero attached hydrogens (tertiary/aromatic N) is 2. The maximum absolute atomic E-state index is 14.0. The first kappa shape index (κ1) is 23.9. The van der Waals surface area contributed by atoms with E-state index in [9.17, 15) is 4.79 Å². The van der Waals surface area contributed by atoms with E-state index in [-0.39, 0.29) is 11.7 Å². The predicted octanol–water partition coefficient (Wildman–Crippen LogP) is 7.45. The first-order valence-corrected chi connectivity index (χ1v) is 13.7. The molecule has 0 fully saturated rings. The number of aryl methyl sites for hydroxylation is 1. The molecule has 4 aromatic rings. The molecule has 1 atom stereocenters. The van der Waals surface area contributed by atoms with Crippen molar-refractivity contribution in [1.29, 1.82) is 0 Å². The molecule has 4 nitrogen and oxygen atoms in total. The lowest BCUT2D eigenvalue weighted by Crippen LogP contribution is -2.28. The molecular formula is C26H24Cl2N2O2S2. The van der Waals surface area contributed by atoms with E-state index in [0.29, 0.717) is 33.5 Å². The second kappa shape index (κ2) is 9.67. The van der Waals surface area contributed by atoms with E-state index in [1.165, 1.54) is 11.8 Å². The summed E-state index contributed by atoms with van der Waals surface area (Å²) in [6.07, 6.45) is 0.856. The highest BCUT2D eigenvalue weighted by Gasteiger charge is 2.28. The number of benzene rings is 2. The Kier molecular flexibility index (Phi) is 6.79. The molecule has 0 spiro atoms. The average Bonchev–Trinajstić information content (AvgIpc) is 3.18. The van der Waals surface area contributed by atoms with E-state index in [1.54, 1.807) is 22.0 Å². The summed E-state index contributed by atoms with van der Waals surface area (Å²) in [6, 6.07) is 13.6. The molecule has 5 rings (SSSR count). The van der Waals surface area contributed by atoms with Gasteiger partial charge in [0.05, 0.1) is 33.8 Å². The number of rotatable bonds is 5. The summed E-state index contributed by atoms with van der Waals surface area (Å²) in [7, 11) is 0. The topological polar surface area (TPSA) is 44.1 Å². The van der Waals surface area contributed by atoms with Crippen LogP contribution in [0.3, 0.4) is 0 Å². The standard InChI is InChI=1S/C26H24Cl2N2O2S2/c1-14(2)21-11-18-22(12-32-21)34-24-23(18)25(31)30(17-7-4-15(3)5-8-17)26(29-24)33-13-16-6-9-19(27)20(28)10-16/h4-10,14,21H,11-13H2,1-3H3/t21-/m0/s1. The molecule has 0 radical (unpaired) electrons. The minimum atomic E-state index is -0.0209. The third-order valence-corrected chi connectivity index (χ3v) is 8.95. The van der Waals surface area contributed by atoms with Gasteiger partial charge in [0, 0.05) is 17.1 Å². The lowest BCUT2D eigenvalue weighted by Gasteiger charge is -2.26. The molecule has 1 aliphatic rings. The summed E-state index contributed by atoms with van der Waals surface area (Å²) >= 11 is 15.4. The predicted molar refractivity (Wildman–Crippen MR) is 143 cm³/mol. The highest BCUT2D eigenvalue weighted by Crippen LogP contribution is 2.37. The molecular weight excluding hydrogens is 507 g/mol. The third-order valence-electron chi connectivity index (χ3n) is 6.10. The van der Waals surface area contributed by atoms with Gasteiger partial charge in [0.15, 0.2) is 5.16 Å². The van der Waals surface area contributed by atoms with Crippen molar-refractivity contribution in [2.75, 3.05) is 0 Å². The number of thioether (sulfide) groups is 1. The molecule has 0 N–H and O–H groups in total.